The molecule has 1 N–H and O–H groups in total. The Hall–Kier alpha value is -0.830. The third kappa shape index (κ3) is 5.92. The number of aliphatic hydroxyl groups is 1. The molecule has 0 aromatic carbocycles. The molecule has 0 aliphatic heterocycles. The average Bonchev–Trinajstić information content (AvgIpc) is 2.97. The summed E-state index contributed by atoms with van der Waals surface area (Å²) < 4.78 is 6.37. The second kappa shape index (κ2) is 13.2. The Morgan fingerprint density at radius 3 is 2.13 bits per heavy atom. The molecule has 0 amide bonds. The van der Waals surface area contributed by atoms with Gasteiger partial charge in [0.25, 0.3) is 0 Å². The Balaban J connectivity index is 1.24. The van der Waals surface area contributed by atoms with E-state index in [4.69, 9.17) is 4.74 Å². The monoisotopic (exact) mass is 625 g/mol. The lowest BCUT2D eigenvalue weighted by atomic mass is 9.31. The average molecular weight is 625 g/mol. The van der Waals surface area contributed by atoms with Crippen molar-refractivity contribution < 1.29 is 14.6 Å². The number of hydrogen-bond acceptors (Lipinski definition) is 3. The van der Waals surface area contributed by atoms with E-state index in [2.05, 4.69) is 68.4 Å². The van der Waals surface area contributed by atoms with E-state index >= 15 is 0 Å². The maximum atomic E-state index is 13.1. The van der Waals surface area contributed by atoms with Gasteiger partial charge in [-0.25, -0.2) is 0 Å². The van der Waals surface area contributed by atoms with Crippen LogP contribution in [0, 0.1) is 56.7 Å². The van der Waals surface area contributed by atoms with Gasteiger partial charge < -0.3 is 9.84 Å². The lowest BCUT2D eigenvalue weighted by Gasteiger charge is -2.74. The second-order valence-corrected chi connectivity index (χ2v) is 18.8. The molecule has 4 saturated carbocycles. The molecule has 0 spiro atoms. The van der Waals surface area contributed by atoms with Crippen LogP contribution >= 0.6 is 0 Å². The Kier molecular flexibility index (Phi) is 10.4. The molecule has 11 atom stereocenters. The molecule has 45 heavy (non-hydrogen) atoms. The van der Waals surface area contributed by atoms with Gasteiger partial charge in [0.15, 0.2) is 0 Å². The number of ether oxygens (including phenoxy) is 1. The van der Waals surface area contributed by atoms with Gasteiger partial charge in [0.2, 0.25) is 0 Å². The predicted octanol–water partition coefficient (Wildman–Crippen LogP) is 11.5. The van der Waals surface area contributed by atoms with Crippen LogP contribution in [0.3, 0.4) is 0 Å². The summed E-state index contributed by atoms with van der Waals surface area (Å²) in [5, 5.41) is 11.9. The Labute approximate surface area is 278 Å². The summed E-state index contributed by atoms with van der Waals surface area (Å²) in [5.74, 6) is 3.07. The first kappa shape index (κ1) is 35.5. The fourth-order valence-electron chi connectivity index (χ4n) is 13.3. The number of unbranched alkanes of at least 4 members (excludes halogenated alkanes) is 8. The molecule has 3 heteroatoms. The summed E-state index contributed by atoms with van der Waals surface area (Å²) >= 11 is 0. The molecular weight excluding hydrogens is 552 g/mol. The number of aliphatic hydroxyl groups excluding tert-OH is 1. The molecule has 258 valence electrons. The van der Waals surface area contributed by atoms with E-state index in [0.717, 1.165) is 32.1 Å². The third-order valence-corrected chi connectivity index (χ3v) is 16.3. The molecule has 0 heterocycles. The number of fused-ring (bicyclic) bond motifs is 7. The molecule has 3 nitrogen and oxygen atoms in total. The van der Waals surface area contributed by atoms with Crippen molar-refractivity contribution in [3.05, 3.63) is 11.6 Å². The number of hydrogen-bond donors (Lipinski definition) is 1. The van der Waals surface area contributed by atoms with Crippen molar-refractivity contribution in [1.29, 1.82) is 0 Å². The van der Waals surface area contributed by atoms with Gasteiger partial charge in [0.05, 0.1) is 6.10 Å². The van der Waals surface area contributed by atoms with Crippen LogP contribution in [0.25, 0.3) is 0 Å². The summed E-state index contributed by atoms with van der Waals surface area (Å²) in [5.41, 5.74) is 2.18. The minimum Gasteiger partial charge on any atom is -0.462 e. The van der Waals surface area contributed by atoms with Gasteiger partial charge in [-0.15, -0.1) is 0 Å². The molecule has 4 fully saturated rings. The van der Waals surface area contributed by atoms with Crippen molar-refractivity contribution in [3.63, 3.8) is 0 Å². The zero-order valence-electron chi connectivity index (χ0n) is 31.1. The highest BCUT2D eigenvalue weighted by Gasteiger charge is 2.71. The largest absolute Gasteiger partial charge is 0.462 e. The lowest BCUT2D eigenvalue weighted by Crippen LogP contribution is -2.69. The van der Waals surface area contributed by atoms with Crippen molar-refractivity contribution >= 4 is 5.97 Å². The van der Waals surface area contributed by atoms with Crippen LogP contribution in [0.5, 0.6) is 0 Å². The summed E-state index contributed by atoms with van der Waals surface area (Å²) in [6.45, 7) is 22.2. The molecule has 0 aromatic rings. The van der Waals surface area contributed by atoms with E-state index in [9.17, 15) is 9.90 Å². The van der Waals surface area contributed by atoms with E-state index in [1.807, 2.05) is 0 Å². The molecule has 0 aromatic heterocycles. The molecule has 5 aliphatic rings. The standard InChI is InChI=1S/C42H72O3/c1-10-11-12-13-14-15-16-17-18-19-36(44)45-35-24-26-39(6)32(38(35,4)5)23-27-41(8)33(39)21-20-31-37-30(3)29(2)22-25-40(37,7)34(43)28-42(31,41)9/h22,30-35,37,43H,10-21,23-28H2,1-9H3/t30-,31-,32+,33-,34+,35+,37-,39+,40-,41-,42-/m1/s1. The fourth-order valence-corrected chi connectivity index (χ4v) is 13.3. The lowest BCUT2D eigenvalue weighted by molar-refractivity contribution is -0.268. The van der Waals surface area contributed by atoms with E-state index in [-0.39, 0.29) is 45.3 Å². The molecule has 5 aliphatic carbocycles. The van der Waals surface area contributed by atoms with E-state index in [0.29, 0.717) is 36.0 Å². The highest BCUT2D eigenvalue weighted by molar-refractivity contribution is 5.69. The summed E-state index contributed by atoms with van der Waals surface area (Å²) in [6.07, 6.45) is 23.5. The highest BCUT2D eigenvalue weighted by atomic mass is 16.5. The molecule has 0 bridgehead atoms. The summed E-state index contributed by atoms with van der Waals surface area (Å²) in [4.78, 5) is 13.1. The minimum atomic E-state index is -0.228. The number of carbonyl (C=O) groups excluding carboxylic acids is 1. The van der Waals surface area contributed by atoms with E-state index in [1.165, 1.54) is 77.0 Å². The number of esters is 1. The van der Waals surface area contributed by atoms with Gasteiger partial charge in [-0.2, -0.15) is 0 Å². The smallest absolute Gasteiger partial charge is 0.306 e. The van der Waals surface area contributed by atoms with Crippen molar-refractivity contribution in [1.82, 2.24) is 0 Å². The maximum Gasteiger partial charge on any atom is 0.306 e. The zero-order valence-corrected chi connectivity index (χ0v) is 31.1. The van der Waals surface area contributed by atoms with Gasteiger partial charge in [-0.3, -0.25) is 4.79 Å². The van der Waals surface area contributed by atoms with Crippen molar-refractivity contribution in [2.45, 2.75) is 190 Å². The highest BCUT2D eigenvalue weighted by Crippen LogP contribution is 2.76. The first-order valence-corrected chi connectivity index (χ1v) is 19.7. The second-order valence-electron chi connectivity index (χ2n) is 18.8. The molecule has 0 saturated heterocycles. The predicted molar refractivity (Wildman–Crippen MR) is 188 cm³/mol. The summed E-state index contributed by atoms with van der Waals surface area (Å²) in [6, 6.07) is 0. The normalized spacial score (nSPS) is 45.4. The van der Waals surface area contributed by atoms with Crippen molar-refractivity contribution in [2.75, 3.05) is 0 Å². The number of rotatable bonds is 11. The topological polar surface area (TPSA) is 46.5 Å². The fraction of sp³-hybridized carbons (Fsp3) is 0.929. The number of carbonyl (C=O) groups is 1. The van der Waals surface area contributed by atoms with Crippen LogP contribution in [-0.2, 0) is 9.53 Å². The van der Waals surface area contributed by atoms with E-state index in [1.54, 1.807) is 5.57 Å². The Morgan fingerprint density at radius 1 is 0.822 bits per heavy atom. The van der Waals surface area contributed by atoms with Crippen LogP contribution in [0.2, 0.25) is 0 Å². The minimum absolute atomic E-state index is 0.00553. The van der Waals surface area contributed by atoms with Gasteiger partial charge in [0.1, 0.15) is 6.10 Å². The van der Waals surface area contributed by atoms with Crippen molar-refractivity contribution in [2.24, 2.45) is 56.7 Å². The van der Waals surface area contributed by atoms with Gasteiger partial charge >= 0.3 is 5.97 Å². The van der Waals surface area contributed by atoms with E-state index < -0.39 is 0 Å². The van der Waals surface area contributed by atoms with Gasteiger partial charge in [-0.05, 0) is 111 Å². The molecule has 0 unspecified atom stereocenters. The molecule has 0 radical (unpaired) electrons. The Bertz CT molecular complexity index is 1080. The van der Waals surface area contributed by atoms with Crippen LogP contribution in [-0.4, -0.2) is 23.3 Å². The first-order valence-electron chi connectivity index (χ1n) is 19.7. The molecule has 5 rings (SSSR count). The third-order valence-electron chi connectivity index (χ3n) is 16.3. The zero-order chi connectivity index (χ0) is 32.8. The molecular formula is C42H72O3. The quantitative estimate of drug-likeness (QED) is 0.141. The number of allylic oxidation sites excluding steroid dienone is 2. The van der Waals surface area contributed by atoms with Crippen LogP contribution in [0.1, 0.15) is 178 Å². The van der Waals surface area contributed by atoms with Crippen molar-refractivity contribution in [3.8, 4) is 0 Å². The Morgan fingerprint density at radius 2 is 1.47 bits per heavy atom. The SMILES string of the molecule is CCCCCCCCCCCC(=O)O[C@H]1CC[C@]2(C)[C@H]3CC[C@@H]4[C@H]5[C@H](C)C(C)=CC[C@]5(C)[C@@H](O)C[C@@]4(C)[C@]3(C)CC[C@H]2C1(C)C. The van der Waals surface area contributed by atoms with Gasteiger partial charge in [0, 0.05) is 17.3 Å². The van der Waals surface area contributed by atoms with Crippen LogP contribution < -0.4 is 0 Å². The first-order chi connectivity index (χ1) is 21.2. The summed E-state index contributed by atoms with van der Waals surface area (Å²) in [7, 11) is 0. The van der Waals surface area contributed by atoms with Crippen LogP contribution in [0.15, 0.2) is 11.6 Å². The maximum absolute atomic E-state index is 13.1. The van der Waals surface area contributed by atoms with Crippen LogP contribution in [0.4, 0.5) is 0 Å². The van der Waals surface area contributed by atoms with Gasteiger partial charge in [-0.1, -0.05) is 118 Å².